The summed E-state index contributed by atoms with van der Waals surface area (Å²) in [4.78, 5) is 0. The zero-order valence-corrected chi connectivity index (χ0v) is 12.3. The number of rotatable bonds is 3. The normalized spacial score (nSPS) is 13.4. The number of benzene rings is 2. The molecule has 18 heavy (non-hydrogen) atoms. The summed E-state index contributed by atoms with van der Waals surface area (Å²) in [5.74, 6) is 0.995. The zero-order valence-electron chi connectivity index (χ0n) is 10.2. The van der Waals surface area contributed by atoms with Crippen molar-refractivity contribution in [3.63, 3.8) is 0 Å². The highest BCUT2D eigenvalue weighted by atomic mass is 127. The topological polar surface area (TPSA) is 9.23 Å². The summed E-state index contributed by atoms with van der Waals surface area (Å²) in [6, 6.07) is 15.0. The summed E-state index contributed by atoms with van der Waals surface area (Å²) < 4.78 is 7.11. The summed E-state index contributed by atoms with van der Waals surface area (Å²) in [5, 5.41) is 0. The van der Waals surface area contributed by atoms with E-state index in [1.54, 1.807) is 0 Å². The maximum absolute atomic E-state index is 5.85. The van der Waals surface area contributed by atoms with E-state index in [-0.39, 0.29) is 0 Å². The molecular formula is C16H15IO. The third kappa shape index (κ3) is 2.69. The van der Waals surface area contributed by atoms with Crippen LogP contribution in [0.4, 0.5) is 0 Å². The third-order valence-corrected chi connectivity index (χ3v) is 4.11. The predicted octanol–water partition coefficient (Wildman–Crippen LogP) is 4.36. The van der Waals surface area contributed by atoms with Gasteiger partial charge in [0.15, 0.2) is 0 Å². The van der Waals surface area contributed by atoms with Gasteiger partial charge in [0, 0.05) is 3.57 Å². The molecule has 0 saturated heterocycles. The number of hydrogen-bond donors (Lipinski definition) is 0. The molecule has 0 unspecified atom stereocenters. The Morgan fingerprint density at radius 3 is 2.56 bits per heavy atom. The van der Waals surface area contributed by atoms with Gasteiger partial charge in [-0.3, -0.25) is 0 Å². The minimum atomic E-state index is 0.649. The molecule has 0 heterocycles. The van der Waals surface area contributed by atoms with E-state index in [9.17, 15) is 0 Å². The fourth-order valence-electron chi connectivity index (χ4n) is 2.39. The monoisotopic (exact) mass is 350 g/mol. The predicted molar refractivity (Wildman–Crippen MR) is 82.0 cm³/mol. The molecule has 0 aliphatic heterocycles. The van der Waals surface area contributed by atoms with Gasteiger partial charge in [0.2, 0.25) is 0 Å². The Bertz CT molecular complexity index is 546. The largest absolute Gasteiger partial charge is 0.489 e. The molecule has 2 heteroatoms. The first-order valence-electron chi connectivity index (χ1n) is 6.30. The highest BCUT2D eigenvalue weighted by Crippen LogP contribution is 2.26. The minimum Gasteiger partial charge on any atom is -0.489 e. The maximum Gasteiger partial charge on any atom is 0.120 e. The molecule has 92 valence electrons. The molecule has 1 nitrogen and oxygen atoms in total. The van der Waals surface area contributed by atoms with Crippen molar-refractivity contribution >= 4 is 22.6 Å². The van der Waals surface area contributed by atoms with Crippen LogP contribution in [0.15, 0.2) is 42.5 Å². The number of hydrogen-bond acceptors (Lipinski definition) is 1. The first-order valence-corrected chi connectivity index (χ1v) is 7.38. The average Bonchev–Trinajstić information content (AvgIpc) is 2.85. The van der Waals surface area contributed by atoms with Crippen LogP contribution in [0.1, 0.15) is 23.1 Å². The van der Waals surface area contributed by atoms with Gasteiger partial charge >= 0.3 is 0 Å². The minimum absolute atomic E-state index is 0.649. The Labute approximate surface area is 121 Å². The summed E-state index contributed by atoms with van der Waals surface area (Å²) in [6.45, 7) is 0.649. The molecule has 0 N–H and O–H groups in total. The number of aryl methyl sites for hydroxylation is 2. The number of fused-ring (bicyclic) bond motifs is 1. The Morgan fingerprint density at radius 1 is 0.944 bits per heavy atom. The van der Waals surface area contributed by atoms with Gasteiger partial charge in [-0.2, -0.15) is 0 Å². The molecule has 0 atom stereocenters. The van der Waals surface area contributed by atoms with E-state index < -0.39 is 0 Å². The van der Waals surface area contributed by atoms with Gasteiger partial charge in [-0.1, -0.05) is 18.2 Å². The highest BCUT2D eigenvalue weighted by molar-refractivity contribution is 14.1. The van der Waals surface area contributed by atoms with Crippen LogP contribution in [-0.2, 0) is 19.4 Å². The Balaban J connectivity index is 1.68. The molecule has 0 radical (unpaired) electrons. The smallest absolute Gasteiger partial charge is 0.120 e. The van der Waals surface area contributed by atoms with Crippen LogP contribution in [0.5, 0.6) is 5.75 Å². The van der Waals surface area contributed by atoms with Gasteiger partial charge in [0.25, 0.3) is 0 Å². The molecule has 0 bridgehead atoms. The summed E-state index contributed by atoms with van der Waals surface area (Å²) >= 11 is 2.32. The van der Waals surface area contributed by atoms with Crippen molar-refractivity contribution in [3.05, 3.63) is 62.7 Å². The lowest BCUT2D eigenvalue weighted by atomic mass is 10.1. The fraction of sp³-hybridized carbons (Fsp3) is 0.250. The van der Waals surface area contributed by atoms with E-state index in [0.29, 0.717) is 6.61 Å². The molecule has 0 saturated carbocycles. The molecule has 0 amide bonds. The Kier molecular flexibility index (Phi) is 3.55. The van der Waals surface area contributed by atoms with Gasteiger partial charge in [-0.05, 0) is 82.8 Å². The van der Waals surface area contributed by atoms with Crippen molar-refractivity contribution in [2.45, 2.75) is 25.9 Å². The maximum atomic E-state index is 5.85. The van der Waals surface area contributed by atoms with Gasteiger partial charge in [-0.15, -0.1) is 0 Å². The second-order valence-electron chi connectivity index (χ2n) is 4.70. The first-order chi connectivity index (χ1) is 8.81. The van der Waals surface area contributed by atoms with Crippen molar-refractivity contribution in [1.29, 1.82) is 0 Å². The molecule has 0 fully saturated rings. The molecular weight excluding hydrogens is 335 g/mol. The van der Waals surface area contributed by atoms with Crippen LogP contribution >= 0.6 is 22.6 Å². The molecule has 3 rings (SSSR count). The highest BCUT2D eigenvalue weighted by Gasteiger charge is 2.11. The third-order valence-electron chi connectivity index (χ3n) is 3.39. The lowest BCUT2D eigenvalue weighted by Gasteiger charge is -2.08. The van der Waals surface area contributed by atoms with E-state index in [4.69, 9.17) is 4.74 Å². The van der Waals surface area contributed by atoms with E-state index in [1.165, 1.54) is 39.5 Å². The summed E-state index contributed by atoms with van der Waals surface area (Å²) in [6.07, 6.45) is 3.72. The van der Waals surface area contributed by atoms with Crippen LogP contribution in [0.25, 0.3) is 0 Å². The van der Waals surface area contributed by atoms with Crippen molar-refractivity contribution in [2.24, 2.45) is 0 Å². The molecule has 0 spiro atoms. The van der Waals surface area contributed by atoms with Gasteiger partial charge in [0.05, 0.1) is 0 Å². The SMILES string of the molecule is Ic1ccc(COc2ccc3c(c2)CCC3)cc1. The fourth-order valence-corrected chi connectivity index (χ4v) is 2.74. The average molecular weight is 350 g/mol. The van der Waals surface area contributed by atoms with Gasteiger partial charge in [-0.25, -0.2) is 0 Å². The quantitative estimate of drug-likeness (QED) is 0.748. The van der Waals surface area contributed by atoms with E-state index in [0.717, 1.165) is 5.75 Å². The zero-order chi connectivity index (χ0) is 12.4. The molecule has 1 aliphatic carbocycles. The van der Waals surface area contributed by atoms with Gasteiger partial charge < -0.3 is 4.74 Å². The first kappa shape index (κ1) is 12.0. The Morgan fingerprint density at radius 2 is 1.72 bits per heavy atom. The summed E-state index contributed by atoms with van der Waals surface area (Å²) in [5.41, 5.74) is 4.18. The second-order valence-corrected chi connectivity index (χ2v) is 5.94. The standard InChI is InChI=1S/C16H15IO/c17-15-7-4-12(5-8-15)11-18-16-9-6-13-2-1-3-14(13)10-16/h4-10H,1-3,11H2. The molecule has 1 aliphatic rings. The lowest BCUT2D eigenvalue weighted by molar-refractivity contribution is 0.306. The van der Waals surface area contributed by atoms with Crippen LogP contribution in [-0.4, -0.2) is 0 Å². The molecule has 2 aromatic rings. The van der Waals surface area contributed by atoms with Crippen molar-refractivity contribution < 1.29 is 4.74 Å². The second kappa shape index (κ2) is 5.31. The number of ether oxygens (including phenoxy) is 1. The van der Waals surface area contributed by atoms with E-state index in [2.05, 4.69) is 65.1 Å². The lowest BCUT2D eigenvalue weighted by Crippen LogP contribution is -1.96. The van der Waals surface area contributed by atoms with Crippen molar-refractivity contribution in [2.75, 3.05) is 0 Å². The van der Waals surface area contributed by atoms with Crippen LogP contribution in [0, 0.1) is 3.57 Å². The molecule has 0 aromatic heterocycles. The van der Waals surface area contributed by atoms with Crippen LogP contribution in [0.2, 0.25) is 0 Å². The molecule has 2 aromatic carbocycles. The van der Waals surface area contributed by atoms with Crippen LogP contribution in [0.3, 0.4) is 0 Å². The van der Waals surface area contributed by atoms with E-state index >= 15 is 0 Å². The van der Waals surface area contributed by atoms with E-state index in [1.807, 2.05) is 0 Å². The number of halogens is 1. The van der Waals surface area contributed by atoms with Gasteiger partial charge in [0.1, 0.15) is 12.4 Å². The Hall–Kier alpha value is -1.03. The van der Waals surface area contributed by atoms with Crippen LogP contribution < -0.4 is 4.74 Å². The van der Waals surface area contributed by atoms with Crippen molar-refractivity contribution in [1.82, 2.24) is 0 Å². The van der Waals surface area contributed by atoms with Crippen molar-refractivity contribution in [3.8, 4) is 5.75 Å². The summed E-state index contributed by atoms with van der Waals surface area (Å²) in [7, 11) is 0.